The van der Waals surface area contributed by atoms with E-state index in [1.54, 1.807) is 0 Å². The smallest absolute Gasteiger partial charge is 0.315 e. The zero-order valence-corrected chi connectivity index (χ0v) is 11.3. The maximum Gasteiger partial charge on any atom is 0.315 e. The van der Waals surface area contributed by atoms with Gasteiger partial charge in [0.25, 0.3) is 0 Å². The van der Waals surface area contributed by atoms with Gasteiger partial charge in [0.2, 0.25) is 0 Å². The SMILES string of the molecule is CC(C)NC(=O)NC1CCN(CC(N)=S)CC1. The number of rotatable bonds is 4. The second-order valence-corrected chi connectivity index (χ2v) is 5.31. The standard InChI is InChI=1S/C11H22N4OS/c1-8(2)13-11(16)14-9-3-5-15(6-4-9)7-10(12)17/h8-9H,3-7H2,1-2H3,(H2,12,17)(H2,13,14,16). The molecule has 2 amide bonds. The Kier molecular flexibility index (Phi) is 5.64. The number of nitrogens with one attached hydrogen (secondary N) is 2. The second kappa shape index (κ2) is 6.76. The monoisotopic (exact) mass is 258 g/mol. The molecule has 0 saturated carbocycles. The predicted octanol–water partition coefficient (Wildman–Crippen LogP) is 0.445. The topological polar surface area (TPSA) is 70.4 Å². The van der Waals surface area contributed by atoms with Gasteiger partial charge in [-0.3, -0.25) is 4.90 Å². The Morgan fingerprint density at radius 3 is 2.53 bits per heavy atom. The van der Waals surface area contributed by atoms with Gasteiger partial charge in [-0.2, -0.15) is 0 Å². The Morgan fingerprint density at radius 2 is 2.06 bits per heavy atom. The van der Waals surface area contributed by atoms with Crippen LogP contribution in [0.1, 0.15) is 26.7 Å². The molecule has 0 aromatic carbocycles. The summed E-state index contributed by atoms with van der Waals surface area (Å²) >= 11 is 4.88. The third kappa shape index (κ3) is 5.83. The van der Waals surface area contributed by atoms with Crippen LogP contribution >= 0.6 is 12.2 Å². The zero-order valence-electron chi connectivity index (χ0n) is 10.5. The van der Waals surface area contributed by atoms with Crippen LogP contribution in [-0.4, -0.2) is 47.6 Å². The summed E-state index contributed by atoms with van der Waals surface area (Å²) in [5, 5.41) is 5.81. The molecule has 0 aromatic rings. The third-order valence-corrected chi connectivity index (χ3v) is 2.85. The Hall–Kier alpha value is -0.880. The fraction of sp³-hybridized carbons (Fsp3) is 0.818. The van der Waals surface area contributed by atoms with Gasteiger partial charge in [0.1, 0.15) is 0 Å². The van der Waals surface area contributed by atoms with E-state index >= 15 is 0 Å². The summed E-state index contributed by atoms with van der Waals surface area (Å²) in [6, 6.07) is 0.355. The van der Waals surface area contributed by atoms with E-state index in [2.05, 4.69) is 15.5 Å². The fourth-order valence-corrected chi connectivity index (χ4v) is 2.13. The van der Waals surface area contributed by atoms with Gasteiger partial charge in [-0.05, 0) is 26.7 Å². The van der Waals surface area contributed by atoms with Crippen LogP contribution < -0.4 is 16.4 Å². The van der Waals surface area contributed by atoms with Crippen molar-refractivity contribution < 1.29 is 4.79 Å². The van der Waals surface area contributed by atoms with Crippen molar-refractivity contribution in [2.45, 2.75) is 38.8 Å². The summed E-state index contributed by atoms with van der Waals surface area (Å²) in [5.41, 5.74) is 5.50. The number of hydrogen-bond acceptors (Lipinski definition) is 3. The van der Waals surface area contributed by atoms with E-state index in [-0.39, 0.29) is 18.1 Å². The van der Waals surface area contributed by atoms with Crippen molar-refractivity contribution in [3.8, 4) is 0 Å². The largest absolute Gasteiger partial charge is 0.392 e. The van der Waals surface area contributed by atoms with Gasteiger partial charge in [0.05, 0.1) is 4.99 Å². The molecule has 0 bridgehead atoms. The number of carbonyl (C=O) groups is 1. The lowest BCUT2D eigenvalue weighted by molar-refractivity contribution is 0.206. The second-order valence-electron chi connectivity index (χ2n) is 4.79. The average Bonchev–Trinajstić information content (AvgIpc) is 2.18. The number of hydrogen-bond donors (Lipinski definition) is 3. The molecule has 1 saturated heterocycles. The number of thiocarbonyl (C=S) groups is 1. The molecule has 0 aliphatic carbocycles. The minimum absolute atomic E-state index is 0.0761. The number of carbonyl (C=O) groups excluding carboxylic acids is 1. The first-order chi connectivity index (χ1) is 7.97. The van der Waals surface area contributed by atoms with Crippen LogP contribution in [0.5, 0.6) is 0 Å². The number of nitrogens with zero attached hydrogens (tertiary/aromatic N) is 1. The van der Waals surface area contributed by atoms with Crippen LogP contribution in [0.4, 0.5) is 4.79 Å². The number of amides is 2. The van der Waals surface area contributed by atoms with E-state index in [0.29, 0.717) is 11.5 Å². The molecule has 4 N–H and O–H groups in total. The molecule has 0 atom stereocenters. The first-order valence-corrected chi connectivity index (χ1v) is 6.46. The molecular weight excluding hydrogens is 236 g/mol. The number of urea groups is 1. The quantitative estimate of drug-likeness (QED) is 0.640. The van der Waals surface area contributed by atoms with Crippen molar-refractivity contribution in [2.24, 2.45) is 5.73 Å². The molecular formula is C11H22N4OS. The lowest BCUT2D eigenvalue weighted by atomic mass is 10.1. The van der Waals surface area contributed by atoms with Gasteiger partial charge in [-0.25, -0.2) is 4.79 Å². The van der Waals surface area contributed by atoms with Crippen molar-refractivity contribution >= 4 is 23.2 Å². The Labute approximate surface area is 108 Å². The molecule has 5 nitrogen and oxygen atoms in total. The lowest BCUT2D eigenvalue weighted by Crippen LogP contribution is -2.50. The maximum absolute atomic E-state index is 11.5. The highest BCUT2D eigenvalue weighted by atomic mass is 32.1. The fourth-order valence-electron chi connectivity index (χ4n) is 1.95. The van der Waals surface area contributed by atoms with Gasteiger partial charge >= 0.3 is 6.03 Å². The Morgan fingerprint density at radius 1 is 1.47 bits per heavy atom. The third-order valence-electron chi connectivity index (χ3n) is 2.72. The summed E-state index contributed by atoms with van der Waals surface area (Å²) in [5.74, 6) is 0. The number of piperidine rings is 1. The Bertz CT molecular complexity index is 275. The van der Waals surface area contributed by atoms with Gasteiger partial charge in [0, 0.05) is 31.7 Å². The van der Waals surface area contributed by atoms with E-state index in [4.69, 9.17) is 18.0 Å². The normalized spacial score (nSPS) is 18.1. The summed E-state index contributed by atoms with van der Waals surface area (Å²) in [6.07, 6.45) is 1.91. The molecule has 0 unspecified atom stereocenters. The highest BCUT2D eigenvalue weighted by Gasteiger charge is 2.20. The van der Waals surface area contributed by atoms with E-state index in [1.165, 1.54) is 0 Å². The van der Waals surface area contributed by atoms with Gasteiger partial charge in [0.15, 0.2) is 0 Å². The molecule has 1 aliphatic rings. The predicted molar refractivity (Wildman–Crippen MR) is 73.1 cm³/mol. The number of likely N-dealkylation sites (tertiary alicyclic amines) is 1. The summed E-state index contributed by atoms with van der Waals surface area (Å²) in [4.78, 5) is 14.3. The first-order valence-electron chi connectivity index (χ1n) is 6.05. The summed E-state index contributed by atoms with van der Waals surface area (Å²) < 4.78 is 0. The molecule has 1 rings (SSSR count). The van der Waals surface area contributed by atoms with Gasteiger partial charge < -0.3 is 16.4 Å². The minimum Gasteiger partial charge on any atom is -0.392 e. The van der Waals surface area contributed by atoms with Gasteiger partial charge in [-0.15, -0.1) is 0 Å². The molecule has 0 spiro atoms. The molecule has 0 aromatic heterocycles. The van der Waals surface area contributed by atoms with Crippen LogP contribution in [0, 0.1) is 0 Å². The molecule has 1 heterocycles. The van der Waals surface area contributed by atoms with E-state index in [1.807, 2.05) is 13.8 Å². The van der Waals surface area contributed by atoms with Crippen LogP contribution in [0.25, 0.3) is 0 Å². The van der Waals surface area contributed by atoms with Crippen molar-refractivity contribution in [3.05, 3.63) is 0 Å². The van der Waals surface area contributed by atoms with E-state index in [9.17, 15) is 4.79 Å². The average molecular weight is 258 g/mol. The van der Waals surface area contributed by atoms with Crippen molar-refractivity contribution in [1.29, 1.82) is 0 Å². The summed E-state index contributed by atoms with van der Waals surface area (Å²) in [7, 11) is 0. The summed E-state index contributed by atoms with van der Waals surface area (Å²) in [6.45, 7) is 6.45. The molecule has 17 heavy (non-hydrogen) atoms. The lowest BCUT2D eigenvalue weighted by Gasteiger charge is -2.32. The van der Waals surface area contributed by atoms with Gasteiger partial charge in [-0.1, -0.05) is 12.2 Å². The molecule has 6 heteroatoms. The van der Waals surface area contributed by atoms with Crippen LogP contribution in [0.2, 0.25) is 0 Å². The molecule has 1 fully saturated rings. The number of nitrogens with two attached hydrogens (primary N) is 1. The minimum atomic E-state index is -0.0761. The van der Waals surface area contributed by atoms with Crippen LogP contribution in [0.3, 0.4) is 0 Å². The highest BCUT2D eigenvalue weighted by Crippen LogP contribution is 2.09. The molecule has 1 aliphatic heterocycles. The maximum atomic E-state index is 11.5. The molecule has 98 valence electrons. The molecule has 0 radical (unpaired) electrons. The first kappa shape index (κ1) is 14.2. The highest BCUT2D eigenvalue weighted by molar-refractivity contribution is 7.80. The van der Waals surface area contributed by atoms with E-state index in [0.717, 1.165) is 25.9 Å². The van der Waals surface area contributed by atoms with Crippen molar-refractivity contribution in [1.82, 2.24) is 15.5 Å². The van der Waals surface area contributed by atoms with E-state index < -0.39 is 0 Å². The van der Waals surface area contributed by atoms with Crippen molar-refractivity contribution in [3.63, 3.8) is 0 Å². The van der Waals surface area contributed by atoms with Crippen LogP contribution in [-0.2, 0) is 0 Å². The van der Waals surface area contributed by atoms with Crippen molar-refractivity contribution in [2.75, 3.05) is 19.6 Å². The Balaban J connectivity index is 2.23. The zero-order chi connectivity index (χ0) is 12.8. The van der Waals surface area contributed by atoms with Crippen LogP contribution in [0.15, 0.2) is 0 Å².